The molecule has 434 valence electrons. The molecule has 0 saturated carbocycles. The van der Waals surface area contributed by atoms with E-state index in [-0.39, 0.29) is 6.04 Å². The van der Waals surface area contributed by atoms with Crippen LogP contribution in [0.1, 0.15) is 54.6 Å². The van der Waals surface area contributed by atoms with Crippen molar-refractivity contribution in [2.75, 3.05) is 9.80 Å². The largest absolute Gasteiger partial charge is 0.334 e. The lowest BCUT2D eigenvalue weighted by molar-refractivity contribution is 0.785. The first-order valence-electron chi connectivity index (χ1n) is 32.3. The Morgan fingerprint density at radius 1 is 0.352 bits per heavy atom. The molecule has 4 aliphatic carbocycles. The number of fused-ring (bicyclic) bond motifs is 17. The fraction of sp³-hybridized carbons (Fsp3) is 0.0952. The molecular weight excluding hydrogens is 1130 g/mol. The molecule has 15 aromatic rings. The summed E-state index contributed by atoms with van der Waals surface area (Å²) >= 11 is 1.97. The lowest BCUT2D eigenvalue weighted by atomic mass is 10.0. The van der Waals surface area contributed by atoms with Gasteiger partial charge in [-0.15, -0.1) is 11.3 Å². The summed E-state index contributed by atoms with van der Waals surface area (Å²) in [5.41, 5.74) is 23.3. The molecule has 0 saturated heterocycles. The van der Waals surface area contributed by atoms with E-state index in [9.17, 15) is 0 Å². The van der Waals surface area contributed by atoms with Crippen molar-refractivity contribution in [2.45, 2.75) is 51.0 Å². The minimum Gasteiger partial charge on any atom is -0.334 e. The highest BCUT2D eigenvalue weighted by atomic mass is 32.1. The second kappa shape index (κ2) is 20.9. The van der Waals surface area contributed by atoms with Gasteiger partial charge < -0.3 is 28.1 Å². The number of nitrogens with zero attached hydrogens (tertiary/aromatic N) is 6. The van der Waals surface area contributed by atoms with Crippen molar-refractivity contribution in [3.63, 3.8) is 0 Å². The Balaban J connectivity index is 0.891. The van der Waals surface area contributed by atoms with E-state index >= 15 is 0 Å². The van der Waals surface area contributed by atoms with Crippen molar-refractivity contribution in [3.8, 4) is 22.7 Å². The van der Waals surface area contributed by atoms with Crippen molar-refractivity contribution in [2.24, 2.45) is 0 Å². The van der Waals surface area contributed by atoms with E-state index in [1.807, 2.05) is 11.3 Å². The summed E-state index contributed by atoms with van der Waals surface area (Å²) in [6.07, 6.45) is 32.3. The third-order valence-electron chi connectivity index (χ3n) is 19.8. The number of thiophene rings is 1. The quantitative estimate of drug-likeness (QED) is 0.136. The fourth-order valence-corrected chi connectivity index (χ4v) is 17.3. The highest BCUT2D eigenvalue weighted by molar-refractivity contribution is 7.27. The molecule has 91 heavy (non-hydrogen) atoms. The molecular formula is C84H62N6S. The summed E-state index contributed by atoms with van der Waals surface area (Å²) in [7, 11) is 0. The van der Waals surface area contributed by atoms with E-state index in [4.69, 9.17) is 0 Å². The molecule has 7 heteroatoms. The van der Waals surface area contributed by atoms with Crippen LogP contribution in [0.3, 0.4) is 0 Å². The van der Waals surface area contributed by atoms with Crippen LogP contribution in [-0.2, 0) is 12.8 Å². The normalized spacial score (nSPS) is 15.3. The van der Waals surface area contributed by atoms with Gasteiger partial charge in [0.25, 0.3) is 0 Å². The van der Waals surface area contributed by atoms with Gasteiger partial charge in [0, 0.05) is 126 Å². The SMILES string of the molecule is C1=CCCC(N(c2ccccc2)c2ccc3c(c2)c2c4sc5c(ccc6c5c5cc(N(c7ccccc7)C7C=CC=CC7)ccc5n6-c5ccc6c(c5)c5c(n6-c6ccccc6)CCC=C5)c4ccc2n3-c2ccc3c(c2)c2c(n3-c3ccccc3)CCC=C2)=C1. The molecule has 6 nitrogen and oxygen atoms in total. The second-order valence-electron chi connectivity index (χ2n) is 24.8. The Bertz CT molecular complexity index is 5680. The zero-order valence-electron chi connectivity index (χ0n) is 50.3. The molecule has 1 unspecified atom stereocenters. The number of aromatic nitrogens is 4. The first kappa shape index (κ1) is 52.1. The summed E-state index contributed by atoms with van der Waals surface area (Å²) in [6.45, 7) is 0. The fourth-order valence-electron chi connectivity index (χ4n) is 15.9. The first-order chi connectivity index (χ1) is 45.2. The zero-order valence-corrected chi connectivity index (χ0v) is 51.1. The van der Waals surface area contributed by atoms with Gasteiger partial charge in [0.05, 0.1) is 39.1 Å². The average Bonchev–Trinajstić information content (AvgIpc) is 1.56. The van der Waals surface area contributed by atoms with Gasteiger partial charge in [-0.2, -0.15) is 0 Å². The second-order valence-corrected chi connectivity index (χ2v) is 25.8. The average molecular weight is 1190 g/mol. The molecule has 0 N–H and O–H groups in total. The lowest BCUT2D eigenvalue weighted by Gasteiger charge is -2.32. The molecule has 19 rings (SSSR count). The highest BCUT2D eigenvalue weighted by Gasteiger charge is 2.28. The third kappa shape index (κ3) is 8.10. The van der Waals surface area contributed by atoms with Crippen molar-refractivity contribution in [3.05, 3.63) is 301 Å². The number of hydrogen-bond acceptors (Lipinski definition) is 3. The van der Waals surface area contributed by atoms with Gasteiger partial charge in [-0.05, 0) is 184 Å². The van der Waals surface area contributed by atoms with Crippen LogP contribution in [0.5, 0.6) is 0 Å². The topological polar surface area (TPSA) is 26.2 Å². The first-order valence-corrected chi connectivity index (χ1v) is 33.1. The Morgan fingerprint density at radius 3 is 1.38 bits per heavy atom. The molecule has 0 aliphatic heterocycles. The third-order valence-corrected chi connectivity index (χ3v) is 21.0. The van der Waals surface area contributed by atoms with Crippen LogP contribution in [0, 0.1) is 0 Å². The Kier molecular flexibility index (Phi) is 12.0. The molecule has 5 aromatic heterocycles. The minimum atomic E-state index is 0.156. The Labute approximate surface area is 531 Å². The van der Waals surface area contributed by atoms with Crippen molar-refractivity contribution in [1.82, 2.24) is 18.3 Å². The summed E-state index contributed by atoms with van der Waals surface area (Å²) in [5.74, 6) is 0. The van der Waals surface area contributed by atoms with Crippen molar-refractivity contribution in [1.29, 1.82) is 0 Å². The smallest absolute Gasteiger partial charge is 0.0559 e. The van der Waals surface area contributed by atoms with Crippen LogP contribution in [0.2, 0.25) is 0 Å². The number of para-hydroxylation sites is 4. The molecule has 5 heterocycles. The van der Waals surface area contributed by atoms with Gasteiger partial charge >= 0.3 is 0 Å². The molecule has 1 atom stereocenters. The standard InChI is InChI=1S/C84H62N6S/c1-7-23-55(24-8-1)85(56-25-9-2-10-26-56)61-39-47-77-71(53-61)81-79(89(77)63-41-45-75-69(51-63)65-35-19-21-37-73(65)87(75)59-31-15-5-16-32-59)49-43-67-68-44-50-80-82(84(68)91-83(67)81)72-54-62(86(57-27-11-3-12-28-57)58-29-13-4-14-30-58)40-48-78(72)90(80)64-42-46-76-70(52-64)66-36-20-22-38-74(66)88(76)60-33-17-6-18-34-60/h1-13,15-20,23-25,27-29,31-36,39-54,56H,14,21-22,26,30,37-38H2. The van der Waals surface area contributed by atoms with Crippen LogP contribution in [0.4, 0.5) is 22.7 Å². The van der Waals surface area contributed by atoms with Crippen LogP contribution in [-0.4, -0.2) is 24.3 Å². The Morgan fingerprint density at radius 2 is 0.846 bits per heavy atom. The molecule has 10 aromatic carbocycles. The van der Waals surface area contributed by atoms with Gasteiger partial charge in [0.15, 0.2) is 0 Å². The summed E-state index contributed by atoms with van der Waals surface area (Å²) in [5, 5.41) is 10.1. The minimum absolute atomic E-state index is 0.156. The molecule has 4 aliphatic rings. The van der Waals surface area contributed by atoms with Gasteiger partial charge in [0.2, 0.25) is 0 Å². The molecule has 0 spiro atoms. The molecule has 0 bridgehead atoms. The maximum absolute atomic E-state index is 2.56. The van der Waals surface area contributed by atoms with E-state index < -0.39 is 0 Å². The Hall–Kier alpha value is -10.9. The van der Waals surface area contributed by atoms with Crippen molar-refractivity contribution >= 4 is 132 Å². The van der Waals surface area contributed by atoms with Crippen LogP contribution in [0.25, 0.3) is 120 Å². The number of anilines is 4. The van der Waals surface area contributed by atoms with E-state index in [0.29, 0.717) is 0 Å². The molecule has 0 amide bonds. The predicted octanol–water partition coefficient (Wildman–Crippen LogP) is 22.5. The van der Waals surface area contributed by atoms with Gasteiger partial charge in [0.1, 0.15) is 0 Å². The number of hydrogen-bond donors (Lipinski definition) is 0. The van der Waals surface area contributed by atoms with Crippen molar-refractivity contribution < 1.29 is 0 Å². The monoisotopic (exact) mass is 1190 g/mol. The van der Waals surface area contributed by atoms with E-state index in [1.54, 1.807) is 0 Å². The highest BCUT2D eigenvalue weighted by Crippen LogP contribution is 2.51. The van der Waals surface area contributed by atoms with Gasteiger partial charge in [-0.1, -0.05) is 146 Å². The lowest BCUT2D eigenvalue weighted by Crippen LogP contribution is -2.29. The molecule has 0 fully saturated rings. The van der Waals surface area contributed by atoms with Gasteiger partial charge in [-0.3, -0.25) is 0 Å². The summed E-state index contributed by atoms with van der Waals surface area (Å²) in [6, 6.07) is 82.5. The van der Waals surface area contributed by atoms with E-state index in [2.05, 4.69) is 313 Å². The van der Waals surface area contributed by atoms with Gasteiger partial charge in [-0.25, -0.2) is 0 Å². The predicted molar refractivity (Wildman–Crippen MR) is 387 cm³/mol. The van der Waals surface area contributed by atoms with E-state index in [1.165, 1.54) is 137 Å². The van der Waals surface area contributed by atoms with Crippen LogP contribution >= 0.6 is 11.3 Å². The summed E-state index contributed by atoms with van der Waals surface area (Å²) in [4.78, 5) is 5.03. The maximum Gasteiger partial charge on any atom is 0.0559 e. The van der Waals surface area contributed by atoms with Crippen LogP contribution in [0.15, 0.2) is 279 Å². The summed E-state index contributed by atoms with van der Waals surface area (Å²) < 4.78 is 12.7. The zero-order chi connectivity index (χ0) is 59.7. The van der Waals surface area contributed by atoms with Crippen LogP contribution < -0.4 is 9.80 Å². The maximum atomic E-state index is 2.56. The number of rotatable bonds is 10. The number of benzene rings is 10. The van der Waals surface area contributed by atoms with E-state index in [0.717, 1.165) is 67.7 Å². The molecule has 0 radical (unpaired) electrons. The number of allylic oxidation sites excluding steroid dienone is 8.